The maximum Gasteiger partial charge on any atom is 0.191 e. The highest BCUT2D eigenvalue weighted by atomic mass is 15.3. The van der Waals surface area contributed by atoms with Crippen LogP contribution in [-0.4, -0.2) is 22.8 Å². The van der Waals surface area contributed by atoms with Gasteiger partial charge in [0.2, 0.25) is 0 Å². The average Bonchev–Trinajstić information content (AvgIpc) is 3.17. The summed E-state index contributed by atoms with van der Waals surface area (Å²) in [6.45, 7) is 3.57. The van der Waals surface area contributed by atoms with Gasteiger partial charge in [0.1, 0.15) is 0 Å². The van der Waals surface area contributed by atoms with E-state index in [1.165, 1.54) is 16.7 Å². The monoisotopic (exact) mass is 333 g/mol. The zero-order valence-electron chi connectivity index (χ0n) is 14.6. The molecule has 0 aliphatic heterocycles. The summed E-state index contributed by atoms with van der Waals surface area (Å²) < 4.78 is 1.85. The van der Waals surface area contributed by atoms with Crippen LogP contribution in [-0.2, 0) is 13.1 Å². The Morgan fingerprint density at radius 1 is 1.00 bits per heavy atom. The van der Waals surface area contributed by atoms with Crippen molar-refractivity contribution >= 4 is 5.96 Å². The number of rotatable bonds is 5. The number of hydrogen-bond acceptors (Lipinski definition) is 2. The van der Waals surface area contributed by atoms with Crippen LogP contribution in [0.4, 0.5) is 0 Å². The smallest absolute Gasteiger partial charge is 0.191 e. The van der Waals surface area contributed by atoms with Crippen molar-refractivity contribution in [2.45, 2.75) is 20.0 Å². The number of nitrogens with zero attached hydrogens (tertiary/aromatic N) is 3. The first-order chi connectivity index (χ1) is 12.2. The predicted molar refractivity (Wildman–Crippen MR) is 102 cm³/mol. The number of benzene rings is 2. The van der Waals surface area contributed by atoms with Crippen LogP contribution in [0, 0.1) is 6.92 Å². The summed E-state index contributed by atoms with van der Waals surface area (Å²) in [5.74, 6) is 0.789. The lowest BCUT2D eigenvalue weighted by Gasteiger charge is -2.12. The molecule has 1 heterocycles. The van der Waals surface area contributed by atoms with E-state index in [9.17, 15) is 0 Å². The molecule has 5 nitrogen and oxygen atoms in total. The second kappa shape index (κ2) is 8.15. The summed E-state index contributed by atoms with van der Waals surface area (Å²) in [6.07, 6.45) is 3.71. The Balaban J connectivity index is 1.52. The molecule has 0 fully saturated rings. The van der Waals surface area contributed by atoms with Crippen LogP contribution in [0.1, 0.15) is 16.7 Å². The average molecular weight is 333 g/mol. The van der Waals surface area contributed by atoms with Gasteiger partial charge in [-0.15, -0.1) is 0 Å². The van der Waals surface area contributed by atoms with E-state index in [0.717, 1.165) is 18.2 Å². The lowest BCUT2D eigenvalue weighted by atomic mass is 10.1. The Hall–Kier alpha value is -3.08. The molecule has 3 rings (SSSR count). The molecular formula is C20H23N5. The summed E-state index contributed by atoms with van der Waals surface area (Å²) in [4.78, 5) is 4.28. The molecule has 0 atom stereocenters. The molecule has 3 aromatic rings. The molecular weight excluding hydrogens is 310 g/mol. The standard InChI is InChI=1S/C20H23N5/c1-16-5-3-6-18(13-16)15-23-20(21-2)22-14-17-7-9-19(10-8-17)25-12-4-11-24-25/h3-13H,14-15H2,1-2H3,(H2,21,22,23). The number of guanidine groups is 1. The quantitative estimate of drug-likeness (QED) is 0.557. The Morgan fingerprint density at radius 2 is 1.76 bits per heavy atom. The molecule has 0 aliphatic carbocycles. The topological polar surface area (TPSA) is 54.2 Å². The molecule has 2 aromatic carbocycles. The van der Waals surface area contributed by atoms with Crippen LogP contribution >= 0.6 is 0 Å². The molecule has 0 amide bonds. The Morgan fingerprint density at radius 3 is 2.40 bits per heavy atom. The second-order valence-corrected chi connectivity index (χ2v) is 5.89. The molecule has 5 heteroatoms. The van der Waals surface area contributed by atoms with Crippen molar-refractivity contribution in [3.8, 4) is 5.69 Å². The van der Waals surface area contributed by atoms with Gasteiger partial charge in [-0.2, -0.15) is 5.10 Å². The molecule has 0 bridgehead atoms. The summed E-state index contributed by atoms with van der Waals surface area (Å²) in [6, 6.07) is 18.7. The van der Waals surface area contributed by atoms with Gasteiger partial charge in [-0.25, -0.2) is 4.68 Å². The van der Waals surface area contributed by atoms with Gasteiger partial charge in [0.05, 0.1) is 5.69 Å². The fourth-order valence-corrected chi connectivity index (χ4v) is 2.60. The molecule has 25 heavy (non-hydrogen) atoms. The third-order valence-corrected chi connectivity index (χ3v) is 3.93. The summed E-state index contributed by atoms with van der Waals surface area (Å²) >= 11 is 0. The van der Waals surface area contributed by atoms with Crippen molar-refractivity contribution in [1.29, 1.82) is 0 Å². The van der Waals surface area contributed by atoms with Gasteiger partial charge in [-0.05, 0) is 36.2 Å². The zero-order chi connectivity index (χ0) is 17.5. The summed E-state index contributed by atoms with van der Waals surface area (Å²) in [7, 11) is 1.78. The summed E-state index contributed by atoms with van der Waals surface area (Å²) in [5.41, 5.74) is 4.75. The highest BCUT2D eigenvalue weighted by Crippen LogP contribution is 2.08. The molecule has 0 spiro atoms. The van der Waals surface area contributed by atoms with Gasteiger partial charge >= 0.3 is 0 Å². The number of aliphatic imine (C=N–C) groups is 1. The highest BCUT2D eigenvalue weighted by molar-refractivity contribution is 5.79. The Bertz CT molecular complexity index is 820. The molecule has 0 saturated carbocycles. The minimum absolute atomic E-state index is 0.715. The van der Waals surface area contributed by atoms with E-state index in [4.69, 9.17) is 0 Å². The largest absolute Gasteiger partial charge is 0.352 e. The maximum atomic E-state index is 4.28. The van der Waals surface area contributed by atoms with Crippen molar-refractivity contribution in [1.82, 2.24) is 20.4 Å². The van der Waals surface area contributed by atoms with Gasteiger partial charge in [0, 0.05) is 32.5 Å². The molecule has 1 aromatic heterocycles. The third-order valence-electron chi connectivity index (χ3n) is 3.93. The van der Waals surface area contributed by atoms with Gasteiger partial charge in [0.25, 0.3) is 0 Å². The van der Waals surface area contributed by atoms with Crippen LogP contribution in [0.2, 0.25) is 0 Å². The minimum Gasteiger partial charge on any atom is -0.352 e. The number of nitrogens with one attached hydrogen (secondary N) is 2. The van der Waals surface area contributed by atoms with Crippen molar-refractivity contribution in [2.24, 2.45) is 4.99 Å². The lowest BCUT2D eigenvalue weighted by molar-refractivity contribution is 0.807. The van der Waals surface area contributed by atoms with Gasteiger partial charge in [-0.1, -0.05) is 42.0 Å². The molecule has 0 unspecified atom stereocenters. The molecule has 128 valence electrons. The van der Waals surface area contributed by atoms with E-state index in [-0.39, 0.29) is 0 Å². The van der Waals surface area contributed by atoms with E-state index in [2.05, 4.69) is 76.2 Å². The zero-order valence-corrected chi connectivity index (χ0v) is 14.6. The molecule has 0 aliphatic rings. The molecule has 0 radical (unpaired) electrons. The highest BCUT2D eigenvalue weighted by Gasteiger charge is 2.01. The van der Waals surface area contributed by atoms with Crippen molar-refractivity contribution < 1.29 is 0 Å². The van der Waals surface area contributed by atoms with Crippen LogP contribution in [0.15, 0.2) is 72.0 Å². The number of aryl methyl sites for hydroxylation is 1. The second-order valence-electron chi connectivity index (χ2n) is 5.89. The number of hydrogen-bond donors (Lipinski definition) is 2. The first-order valence-electron chi connectivity index (χ1n) is 8.33. The van der Waals surface area contributed by atoms with Crippen molar-refractivity contribution in [2.75, 3.05) is 7.05 Å². The predicted octanol–water partition coefficient (Wildman–Crippen LogP) is 3.05. The van der Waals surface area contributed by atoms with Crippen molar-refractivity contribution in [3.63, 3.8) is 0 Å². The first kappa shape index (κ1) is 16.8. The minimum atomic E-state index is 0.715. The van der Waals surface area contributed by atoms with E-state index in [1.54, 1.807) is 13.2 Å². The van der Waals surface area contributed by atoms with E-state index in [1.807, 2.05) is 16.9 Å². The van der Waals surface area contributed by atoms with Crippen LogP contribution in [0.25, 0.3) is 5.69 Å². The van der Waals surface area contributed by atoms with Gasteiger partial charge in [0.15, 0.2) is 5.96 Å². The van der Waals surface area contributed by atoms with E-state index < -0.39 is 0 Å². The normalized spacial score (nSPS) is 11.4. The van der Waals surface area contributed by atoms with Crippen molar-refractivity contribution in [3.05, 3.63) is 83.7 Å². The SMILES string of the molecule is CN=C(NCc1ccc(-n2cccn2)cc1)NCc1cccc(C)c1. The van der Waals surface area contributed by atoms with Crippen LogP contribution < -0.4 is 10.6 Å². The Kier molecular flexibility index (Phi) is 5.46. The summed E-state index contributed by atoms with van der Waals surface area (Å²) in [5, 5.41) is 10.9. The fourth-order valence-electron chi connectivity index (χ4n) is 2.60. The number of aromatic nitrogens is 2. The molecule has 0 saturated heterocycles. The first-order valence-corrected chi connectivity index (χ1v) is 8.33. The van der Waals surface area contributed by atoms with E-state index >= 15 is 0 Å². The fraction of sp³-hybridized carbons (Fsp3) is 0.200. The van der Waals surface area contributed by atoms with Crippen LogP contribution in [0.5, 0.6) is 0 Å². The third kappa shape index (κ3) is 4.70. The maximum absolute atomic E-state index is 4.28. The van der Waals surface area contributed by atoms with Gasteiger partial charge in [-0.3, -0.25) is 4.99 Å². The van der Waals surface area contributed by atoms with E-state index in [0.29, 0.717) is 6.54 Å². The Labute approximate surface area is 148 Å². The van der Waals surface area contributed by atoms with Crippen LogP contribution in [0.3, 0.4) is 0 Å². The molecule has 2 N–H and O–H groups in total. The van der Waals surface area contributed by atoms with Gasteiger partial charge < -0.3 is 10.6 Å². The lowest BCUT2D eigenvalue weighted by Crippen LogP contribution is -2.36.